The van der Waals surface area contributed by atoms with Crippen LogP contribution in [0.25, 0.3) is 0 Å². The minimum Gasteiger partial charge on any atom is -0.307 e. The lowest BCUT2D eigenvalue weighted by Gasteiger charge is -2.45. The molecule has 0 amide bonds. The summed E-state index contributed by atoms with van der Waals surface area (Å²) in [7, 11) is 1.99. The van der Waals surface area contributed by atoms with Gasteiger partial charge in [0.05, 0.1) is 0 Å². The number of hydrogen-bond acceptors (Lipinski definition) is 2. The van der Waals surface area contributed by atoms with Crippen LogP contribution in [-0.4, -0.2) is 29.7 Å². The van der Waals surface area contributed by atoms with Crippen molar-refractivity contribution >= 4 is 0 Å². The van der Waals surface area contributed by atoms with Crippen molar-refractivity contribution in [1.29, 1.82) is 0 Å². The summed E-state index contributed by atoms with van der Waals surface area (Å²) in [6.45, 7) is 14.4. The molecule has 0 heterocycles. The van der Waals surface area contributed by atoms with Gasteiger partial charge in [-0.05, 0) is 48.6 Å². The Morgan fingerprint density at radius 3 is 1.33 bits per heavy atom. The molecule has 0 fully saturated rings. The van der Waals surface area contributed by atoms with Crippen LogP contribution < -0.4 is 5.32 Å². The molecule has 74 valence electrons. The minimum absolute atomic E-state index is 0.223. The number of nitrogens with one attached hydrogen (secondary N) is 1. The van der Waals surface area contributed by atoms with E-state index in [-0.39, 0.29) is 11.1 Å². The summed E-state index contributed by atoms with van der Waals surface area (Å²) in [6.07, 6.45) is 0. The Bertz CT molecular complexity index is 114. The molecule has 0 aliphatic carbocycles. The molecule has 0 radical (unpaired) electrons. The zero-order valence-corrected chi connectivity index (χ0v) is 9.65. The molecule has 0 unspecified atom stereocenters. The highest BCUT2D eigenvalue weighted by Crippen LogP contribution is 2.23. The molecule has 1 N–H and O–H groups in total. The first-order valence-electron chi connectivity index (χ1n) is 4.62. The molecule has 0 aromatic rings. The van der Waals surface area contributed by atoms with E-state index in [2.05, 4.69) is 51.8 Å². The molecule has 0 bridgehead atoms. The van der Waals surface area contributed by atoms with Crippen LogP contribution in [0, 0.1) is 0 Å². The predicted octanol–water partition coefficient (Wildman–Crippen LogP) is 2.06. The quantitative estimate of drug-likeness (QED) is 0.641. The fourth-order valence-electron chi connectivity index (χ4n) is 1.64. The fourth-order valence-corrected chi connectivity index (χ4v) is 1.64. The third-order valence-corrected chi connectivity index (χ3v) is 1.94. The normalized spacial score (nSPS) is 14.0. The van der Waals surface area contributed by atoms with Gasteiger partial charge in [0.1, 0.15) is 0 Å². The largest absolute Gasteiger partial charge is 0.307 e. The van der Waals surface area contributed by atoms with Crippen molar-refractivity contribution in [2.75, 3.05) is 13.7 Å². The zero-order valence-electron chi connectivity index (χ0n) is 9.65. The van der Waals surface area contributed by atoms with Crippen molar-refractivity contribution in [3.8, 4) is 0 Å². The Morgan fingerprint density at radius 2 is 1.25 bits per heavy atom. The predicted molar refractivity (Wildman–Crippen MR) is 55.3 cm³/mol. The van der Waals surface area contributed by atoms with Gasteiger partial charge < -0.3 is 5.32 Å². The van der Waals surface area contributed by atoms with E-state index >= 15 is 0 Å². The van der Waals surface area contributed by atoms with Gasteiger partial charge in [0.2, 0.25) is 0 Å². The summed E-state index contributed by atoms with van der Waals surface area (Å²) in [5, 5.41) is 3.21. The Morgan fingerprint density at radius 1 is 0.917 bits per heavy atom. The molecule has 0 aliphatic rings. The Balaban J connectivity index is 4.45. The van der Waals surface area contributed by atoms with Gasteiger partial charge in [-0.3, -0.25) is 4.90 Å². The Kier molecular flexibility index (Phi) is 3.73. The highest BCUT2D eigenvalue weighted by molar-refractivity contribution is 4.85. The second-order valence-electron chi connectivity index (χ2n) is 5.28. The van der Waals surface area contributed by atoms with Crippen LogP contribution in [0.2, 0.25) is 0 Å². The number of nitrogens with zero attached hydrogens (tertiary/aromatic N) is 1. The molecule has 0 atom stereocenters. The topological polar surface area (TPSA) is 15.3 Å². The van der Waals surface area contributed by atoms with E-state index in [1.54, 1.807) is 0 Å². The van der Waals surface area contributed by atoms with E-state index < -0.39 is 0 Å². The van der Waals surface area contributed by atoms with Crippen molar-refractivity contribution in [2.45, 2.75) is 52.6 Å². The molecule has 0 aromatic carbocycles. The van der Waals surface area contributed by atoms with Crippen LogP contribution in [-0.2, 0) is 0 Å². The molecule has 0 aliphatic heterocycles. The minimum atomic E-state index is 0.223. The van der Waals surface area contributed by atoms with Crippen molar-refractivity contribution in [3.63, 3.8) is 0 Å². The number of hydrogen-bond donors (Lipinski definition) is 1. The highest BCUT2D eigenvalue weighted by atomic mass is 15.3. The molecular weight excluding hydrogens is 148 g/mol. The van der Waals surface area contributed by atoms with Gasteiger partial charge in [0, 0.05) is 17.7 Å². The molecule has 2 nitrogen and oxygen atoms in total. The van der Waals surface area contributed by atoms with E-state index in [4.69, 9.17) is 0 Å². The highest BCUT2D eigenvalue weighted by Gasteiger charge is 2.30. The van der Waals surface area contributed by atoms with Crippen LogP contribution >= 0.6 is 0 Å². The van der Waals surface area contributed by atoms with E-state index in [1.807, 2.05) is 7.05 Å². The van der Waals surface area contributed by atoms with Gasteiger partial charge in [0.15, 0.2) is 0 Å². The van der Waals surface area contributed by atoms with Crippen LogP contribution in [0.15, 0.2) is 0 Å². The average Bonchev–Trinajstić information content (AvgIpc) is 1.77. The van der Waals surface area contributed by atoms with Crippen LogP contribution in [0.4, 0.5) is 0 Å². The van der Waals surface area contributed by atoms with E-state index in [9.17, 15) is 0 Å². The molecule has 2 heteroatoms. The van der Waals surface area contributed by atoms with Gasteiger partial charge in [-0.15, -0.1) is 0 Å². The molecule has 0 rings (SSSR count). The lowest BCUT2D eigenvalue weighted by Crippen LogP contribution is -2.55. The maximum atomic E-state index is 3.21. The van der Waals surface area contributed by atoms with Gasteiger partial charge in [-0.1, -0.05) is 0 Å². The number of rotatable bonds is 2. The van der Waals surface area contributed by atoms with Gasteiger partial charge in [-0.25, -0.2) is 0 Å². The molecule has 0 saturated carbocycles. The molecule has 12 heavy (non-hydrogen) atoms. The van der Waals surface area contributed by atoms with Crippen molar-refractivity contribution in [3.05, 3.63) is 0 Å². The summed E-state index contributed by atoms with van der Waals surface area (Å²) >= 11 is 0. The fraction of sp³-hybridized carbons (Fsp3) is 1.00. The Hall–Kier alpha value is -0.0800. The van der Waals surface area contributed by atoms with E-state index in [1.165, 1.54) is 0 Å². The summed E-state index contributed by atoms with van der Waals surface area (Å²) in [5.41, 5.74) is 0.447. The second kappa shape index (κ2) is 3.75. The first kappa shape index (κ1) is 11.9. The third kappa shape index (κ3) is 3.55. The SMILES string of the molecule is CNCN(C(C)(C)C)C(C)(C)C. The Labute approximate surface area is 77.3 Å². The average molecular weight is 172 g/mol. The van der Waals surface area contributed by atoms with E-state index in [0.29, 0.717) is 0 Å². The third-order valence-electron chi connectivity index (χ3n) is 1.94. The smallest absolute Gasteiger partial charge is 0.0488 e. The second-order valence-corrected chi connectivity index (χ2v) is 5.28. The van der Waals surface area contributed by atoms with Crippen LogP contribution in [0.5, 0.6) is 0 Å². The molecule has 0 saturated heterocycles. The lowest BCUT2D eigenvalue weighted by molar-refractivity contribution is 0.0324. The molecule has 0 aromatic heterocycles. The maximum absolute atomic E-state index is 3.21. The molecular formula is C10H24N2. The summed E-state index contributed by atoms with van der Waals surface area (Å²) in [6, 6.07) is 0. The monoisotopic (exact) mass is 172 g/mol. The van der Waals surface area contributed by atoms with Gasteiger partial charge in [0.25, 0.3) is 0 Å². The van der Waals surface area contributed by atoms with Gasteiger partial charge in [-0.2, -0.15) is 0 Å². The molecule has 0 spiro atoms. The van der Waals surface area contributed by atoms with Crippen LogP contribution in [0.1, 0.15) is 41.5 Å². The first-order chi connectivity index (χ1) is 5.19. The van der Waals surface area contributed by atoms with Crippen molar-refractivity contribution < 1.29 is 0 Å². The summed E-state index contributed by atoms with van der Waals surface area (Å²) < 4.78 is 0. The van der Waals surface area contributed by atoms with Crippen molar-refractivity contribution in [2.24, 2.45) is 0 Å². The van der Waals surface area contributed by atoms with Gasteiger partial charge >= 0.3 is 0 Å². The maximum Gasteiger partial charge on any atom is 0.0488 e. The van der Waals surface area contributed by atoms with Crippen LogP contribution in [0.3, 0.4) is 0 Å². The summed E-state index contributed by atoms with van der Waals surface area (Å²) in [4.78, 5) is 2.44. The summed E-state index contributed by atoms with van der Waals surface area (Å²) in [5.74, 6) is 0. The lowest BCUT2D eigenvalue weighted by atomic mass is 9.97. The first-order valence-corrected chi connectivity index (χ1v) is 4.62. The standard InChI is InChI=1S/C10H24N2/c1-9(2,3)12(8-11-7)10(4,5)6/h11H,8H2,1-7H3. The van der Waals surface area contributed by atoms with E-state index in [0.717, 1.165) is 6.67 Å². The zero-order chi connectivity index (χ0) is 9.99. The van der Waals surface area contributed by atoms with Crippen molar-refractivity contribution in [1.82, 2.24) is 10.2 Å².